The summed E-state index contributed by atoms with van der Waals surface area (Å²) in [6.45, 7) is 2.60. The van der Waals surface area contributed by atoms with Crippen molar-refractivity contribution in [3.8, 4) is 0 Å². The van der Waals surface area contributed by atoms with E-state index in [9.17, 15) is 8.42 Å². The van der Waals surface area contributed by atoms with E-state index in [0.29, 0.717) is 19.1 Å². The van der Waals surface area contributed by atoms with Crippen LogP contribution in [0.2, 0.25) is 5.28 Å². The third kappa shape index (κ3) is 3.46. The molecule has 0 radical (unpaired) electrons. The highest BCUT2D eigenvalue weighted by Gasteiger charge is 2.38. The fourth-order valence-corrected chi connectivity index (χ4v) is 3.77. The van der Waals surface area contributed by atoms with Crippen molar-refractivity contribution >= 4 is 21.6 Å². The van der Waals surface area contributed by atoms with Crippen molar-refractivity contribution in [2.24, 2.45) is 5.92 Å². The maximum absolute atomic E-state index is 12.7. The molecule has 1 saturated carbocycles. The highest BCUT2D eigenvalue weighted by molar-refractivity contribution is 7.89. The zero-order valence-corrected chi connectivity index (χ0v) is 13.1. The van der Waals surface area contributed by atoms with Gasteiger partial charge in [-0.15, -0.1) is 0 Å². The lowest BCUT2D eigenvalue weighted by molar-refractivity contribution is 0.164. The summed E-state index contributed by atoms with van der Waals surface area (Å²) >= 11 is 5.60. The second-order valence-corrected chi connectivity index (χ2v) is 7.10. The second-order valence-electron chi connectivity index (χ2n) is 4.87. The van der Waals surface area contributed by atoms with Gasteiger partial charge in [0, 0.05) is 19.7 Å². The van der Waals surface area contributed by atoms with E-state index in [1.165, 1.54) is 16.7 Å². The average Bonchev–Trinajstić information content (AvgIpc) is 3.23. The number of aromatic nitrogens is 2. The zero-order valence-electron chi connectivity index (χ0n) is 11.5. The van der Waals surface area contributed by atoms with Crippen LogP contribution in [0.25, 0.3) is 0 Å². The summed E-state index contributed by atoms with van der Waals surface area (Å²) < 4.78 is 31.8. The van der Waals surface area contributed by atoms with Gasteiger partial charge < -0.3 is 4.74 Å². The van der Waals surface area contributed by atoms with Gasteiger partial charge in [-0.25, -0.2) is 18.4 Å². The minimum atomic E-state index is -3.62. The van der Waals surface area contributed by atoms with Gasteiger partial charge in [0.2, 0.25) is 15.3 Å². The average molecular weight is 320 g/mol. The quantitative estimate of drug-likeness (QED) is 0.713. The van der Waals surface area contributed by atoms with Crippen LogP contribution in [0.3, 0.4) is 0 Å². The number of methoxy groups -OCH3 is 1. The molecule has 1 aliphatic carbocycles. The molecular weight excluding hydrogens is 302 g/mol. The summed E-state index contributed by atoms with van der Waals surface area (Å²) in [5.74, 6) is 0.426. The minimum absolute atomic E-state index is 0.0302. The van der Waals surface area contributed by atoms with Crippen molar-refractivity contribution in [3.63, 3.8) is 0 Å². The molecule has 8 heteroatoms. The maximum atomic E-state index is 12.7. The number of hydrogen-bond acceptors (Lipinski definition) is 5. The van der Waals surface area contributed by atoms with E-state index in [2.05, 4.69) is 9.97 Å². The standard InChI is InChI=1S/C12H18ClN3O3S/c1-9(10-3-4-10)16(5-6-19-2)20(17,18)11-7-14-12(13)15-8-11/h7-10H,3-6H2,1-2H3. The summed E-state index contributed by atoms with van der Waals surface area (Å²) in [6.07, 6.45) is 4.61. The van der Waals surface area contributed by atoms with Crippen LogP contribution in [0.15, 0.2) is 17.3 Å². The highest BCUT2D eigenvalue weighted by atomic mass is 35.5. The zero-order chi connectivity index (χ0) is 14.8. The minimum Gasteiger partial charge on any atom is -0.383 e. The van der Waals surface area contributed by atoms with Gasteiger partial charge in [0.15, 0.2) is 0 Å². The van der Waals surface area contributed by atoms with E-state index in [4.69, 9.17) is 16.3 Å². The molecule has 0 spiro atoms. The molecule has 1 aromatic heterocycles. The van der Waals surface area contributed by atoms with Gasteiger partial charge in [0.05, 0.1) is 19.0 Å². The maximum Gasteiger partial charge on any atom is 0.246 e. The molecule has 1 unspecified atom stereocenters. The third-order valence-electron chi connectivity index (χ3n) is 3.48. The number of hydrogen-bond donors (Lipinski definition) is 0. The van der Waals surface area contributed by atoms with Gasteiger partial charge in [0.1, 0.15) is 4.90 Å². The van der Waals surface area contributed by atoms with Gasteiger partial charge in [-0.1, -0.05) is 0 Å². The molecule has 1 aliphatic rings. The van der Waals surface area contributed by atoms with Crippen LogP contribution in [-0.2, 0) is 14.8 Å². The Balaban J connectivity index is 2.27. The van der Waals surface area contributed by atoms with Crippen LogP contribution in [0.1, 0.15) is 19.8 Å². The predicted molar refractivity (Wildman–Crippen MR) is 75.0 cm³/mol. The molecule has 0 aliphatic heterocycles. The lowest BCUT2D eigenvalue weighted by Gasteiger charge is -2.28. The van der Waals surface area contributed by atoms with E-state index in [1.54, 1.807) is 7.11 Å². The molecule has 0 N–H and O–H groups in total. The molecule has 0 amide bonds. The smallest absolute Gasteiger partial charge is 0.246 e. The Labute approximate surface area is 124 Å². The molecule has 20 heavy (non-hydrogen) atoms. The molecule has 1 atom stereocenters. The normalized spacial score (nSPS) is 17.4. The first-order chi connectivity index (χ1) is 9.46. The Morgan fingerprint density at radius 1 is 1.45 bits per heavy atom. The second kappa shape index (κ2) is 6.34. The monoisotopic (exact) mass is 319 g/mol. The van der Waals surface area contributed by atoms with E-state index >= 15 is 0 Å². The summed E-state index contributed by atoms with van der Waals surface area (Å²) in [5, 5.41) is 0.0302. The SMILES string of the molecule is COCCN(C(C)C1CC1)S(=O)(=O)c1cnc(Cl)nc1. The number of halogens is 1. The molecule has 0 aromatic carbocycles. The molecular formula is C12H18ClN3O3S. The van der Waals surface area contributed by atoms with Crippen LogP contribution in [0.4, 0.5) is 0 Å². The molecule has 1 fully saturated rings. The number of ether oxygens (including phenoxy) is 1. The number of sulfonamides is 1. The topological polar surface area (TPSA) is 72.4 Å². The van der Waals surface area contributed by atoms with Crippen molar-refractivity contribution in [1.29, 1.82) is 0 Å². The molecule has 2 rings (SSSR count). The molecule has 6 nitrogen and oxygen atoms in total. The third-order valence-corrected chi connectivity index (χ3v) is 5.61. The van der Waals surface area contributed by atoms with Crippen LogP contribution in [-0.4, -0.2) is 49.0 Å². The first-order valence-electron chi connectivity index (χ1n) is 6.45. The number of nitrogens with zero attached hydrogens (tertiary/aromatic N) is 3. The number of rotatable bonds is 7. The Bertz CT molecular complexity index is 546. The summed E-state index contributed by atoms with van der Waals surface area (Å²) in [4.78, 5) is 7.55. The summed E-state index contributed by atoms with van der Waals surface area (Å²) in [6, 6.07) is -0.0502. The van der Waals surface area contributed by atoms with Gasteiger partial charge in [-0.2, -0.15) is 4.31 Å². The molecule has 0 bridgehead atoms. The Kier molecular flexibility index (Phi) is 4.95. The Morgan fingerprint density at radius 3 is 2.55 bits per heavy atom. The van der Waals surface area contributed by atoms with Crippen LogP contribution < -0.4 is 0 Å². The molecule has 112 valence electrons. The summed E-state index contributed by atoms with van der Waals surface area (Å²) in [7, 11) is -2.07. The lowest BCUT2D eigenvalue weighted by atomic mass is 10.2. The fourth-order valence-electron chi connectivity index (χ4n) is 2.11. The Morgan fingerprint density at radius 2 is 2.05 bits per heavy atom. The largest absolute Gasteiger partial charge is 0.383 e. The van der Waals surface area contributed by atoms with Crippen molar-refractivity contribution in [2.75, 3.05) is 20.3 Å². The van der Waals surface area contributed by atoms with Crippen molar-refractivity contribution in [1.82, 2.24) is 14.3 Å². The van der Waals surface area contributed by atoms with E-state index < -0.39 is 10.0 Å². The van der Waals surface area contributed by atoms with Gasteiger partial charge in [-0.3, -0.25) is 0 Å². The van der Waals surface area contributed by atoms with Crippen LogP contribution in [0, 0.1) is 5.92 Å². The van der Waals surface area contributed by atoms with E-state index in [1.807, 2.05) is 6.92 Å². The molecule has 1 aromatic rings. The van der Waals surface area contributed by atoms with Crippen molar-refractivity contribution in [3.05, 3.63) is 17.7 Å². The van der Waals surface area contributed by atoms with Crippen molar-refractivity contribution < 1.29 is 13.2 Å². The lowest BCUT2D eigenvalue weighted by Crippen LogP contribution is -2.41. The highest BCUT2D eigenvalue weighted by Crippen LogP contribution is 2.36. The van der Waals surface area contributed by atoms with E-state index in [0.717, 1.165) is 12.8 Å². The van der Waals surface area contributed by atoms with Crippen LogP contribution >= 0.6 is 11.6 Å². The first-order valence-corrected chi connectivity index (χ1v) is 8.27. The fraction of sp³-hybridized carbons (Fsp3) is 0.667. The van der Waals surface area contributed by atoms with Crippen LogP contribution in [0.5, 0.6) is 0 Å². The summed E-state index contributed by atoms with van der Waals surface area (Å²) in [5.41, 5.74) is 0. The van der Waals surface area contributed by atoms with Gasteiger partial charge in [-0.05, 0) is 37.3 Å². The molecule has 1 heterocycles. The van der Waals surface area contributed by atoms with Crippen molar-refractivity contribution in [2.45, 2.75) is 30.7 Å². The van der Waals surface area contributed by atoms with Gasteiger partial charge >= 0.3 is 0 Å². The Hall–Kier alpha value is -0.760. The predicted octanol–water partition coefficient (Wildman–Crippen LogP) is 1.57. The van der Waals surface area contributed by atoms with Gasteiger partial charge in [0.25, 0.3) is 0 Å². The molecule has 0 saturated heterocycles. The van der Waals surface area contributed by atoms with E-state index in [-0.39, 0.29) is 16.2 Å². The first kappa shape index (κ1) is 15.6.